The molecular weight excluding hydrogens is 266 g/mol. The Bertz CT molecular complexity index is 791. The Hall–Kier alpha value is -2.66. The van der Waals surface area contributed by atoms with Crippen molar-refractivity contribution in [2.24, 2.45) is 5.73 Å². The average Bonchev–Trinajstić information content (AvgIpc) is 2.97. The Morgan fingerprint density at radius 1 is 1.24 bits per heavy atom. The summed E-state index contributed by atoms with van der Waals surface area (Å²) in [5.74, 6) is -0.362. The number of nitrogens with two attached hydrogens (primary N) is 1. The number of rotatable bonds is 3. The molecular formula is C16H15N3O2. The standard InChI is InChI=1S/C16H15N3O2/c1-21-16(20)12-4-7-15-14(8-12)18-10-19(15)13-5-2-11(9-17)3-6-13/h2-8,10H,9,17H2,1H3. The lowest BCUT2D eigenvalue weighted by Gasteiger charge is -2.06. The largest absolute Gasteiger partial charge is 0.465 e. The minimum Gasteiger partial charge on any atom is -0.465 e. The number of carbonyl (C=O) groups is 1. The molecule has 2 aromatic carbocycles. The lowest BCUT2D eigenvalue weighted by molar-refractivity contribution is 0.0601. The molecule has 0 atom stereocenters. The summed E-state index contributed by atoms with van der Waals surface area (Å²) in [7, 11) is 1.37. The third-order valence-corrected chi connectivity index (χ3v) is 3.42. The van der Waals surface area contributed by atoms with E-state index in [2.05, 4.69) is 4.98 Å². The number of fused-ring (bicyclic) bond motifs is 1. The first-order valence-corrected chi connectivity index (χ1v) is 6.57. The molecule has 0 saturated carbocycles. The van der Waals surface area contributed by atoms with Crippen molar-refractivity contribution < 1.29 is 9.53 Å². The summed E-state index contributed by atoms with van der Waals surface area (Å²) in [5.41, 5.74) is 9.86. The van der Waals surface area contributed by atoms with Gasteiger partial charge in [-0.1, -0.05) is 12.1 Å². The summed E-state index contributed by atoms with van der Waals surface area (Å²) in [4.78, 5) is 15.9. The Kier molecular flexibility index (Phi) is 3.41. The van der Waals surface area contributed by atoms with Gasteiger partial charge in [0.2, 0.25) is 0 Å². The fraction of sp³-hybridized carbons (Fsp3) is 0.125. The van der Waals surface area contributed by atoms with E-state index in [1.165, 1.54) is 7.11 Å². The van der Waals surface area contributed by atoms with Gasteiger partial charge in [-0.15, -0.1) is 0 Å². The minimum atomic E-state index is -0.362. The van der Waals surface area contributed by atoms with Crippen LogP contribution in [0, 0.1) is 0 Å². The van der Waals surface area contributed by atoms with E-state index in [4.69, 9.17) is 10.5 Å². The Morgan fingerprint density at radius 2 is 2.00 bits per heavy atom. The number of benzene rings is 2. The third kappa shape index (κ3) is 2.39. The van der Waals surface area contributed by atoms with Crippen molar-refractivity contribution in [2.75, 3.05) is 7.11 Å². The van der Waals surface area contributed by atoms with Gasteiger partial charge in [0, 0.05) is 12.2 Å². The van der Waals surface area contributed by atoms with E-state index in [0.717, 1.165) is 22.3 Å². The molecule has 1 heterocycles. The maximum absolute atomic E-state index is 11.5. The Labute approximate surface area is 122 Å². The van der Waals surface area contributed by atoms with E-state index in [9.17, 15) is 4.79 Å². The van der Waals surface area contributed by atoms with E-state index in [1.54, 1.807) is 18.5 Å². The van der Waals surface area contributed by atoms with Crippen molar-refractivity contribution >= 4 is 17.0 Å². The highest BCUT2D eigenvalue weighted by Gasteiger charge is 2.10. The molecule has 5 heteroatoms. The van der Waals surface area contributed by atoms with E-state index in [1.807, 2.05) is 34.9 Å². The van der Waals surface area contributed by atoms with Crippen LogP contribution in [0.4, 0.5) is 0 Å². The molecule has 5 nitrogen and oxygen atoms in total. The lowest BCUT2D eigenvalue weighted by Crippen LogP contribution is -2.01. The molecule has 106 valence electrons. The predicted octanol–water partition coefficient (Wildman–Crippen LogP) is 2.27. The summed E-state index contributed by atoms with van der Waals surface area (Å²) in [5, 5.41) is 0. The number of hydrogen-bond donors (Lipinski definition) is 1. The van der Waals surface area contributed by atoms with Crippen LogP contribution in [0.1, 0.15) is 15.9 Å². The predicted molar refractivity (Wildman–Crippen MR) is 80.3 cm³/mol. The molecule has 0 aliphatic heterocycles. The molecule has 2 N–H and O–H groups in total. The number of aromatic nitrogens is 2. The first-order chi connectivity index (χ1) is 10.2. The molecule has 0 saturated heterocycles. The van der Waals surface area contributed by atoms with Crippen LogP contribution >= 0.6 is 0 Å². The number of ether oxygens (including phenoxy) is 1. The van der Waals surface area contributed by atoms with E-state index in [0.29, 0.717) is 12.1 Å². The molecule has 0 spiro atoms. The zero-order valence-electron chi connectivity index (χ0n) is 11.6. The van der Waals surface area contributed by atoms with Gasteiger partial charge >= 0.3 is 5.97 Å². The fourth-order valence-electron chi connectivity index (χ4n) is 2.26. The summed E-state index contributed by atoms with van der Waals surface area (Å²) in [6, 6.07) is 13.3. The second kappa shape index (κ2) is 5.38. The molecule has 21 heavy (non-hydrogen) atoms. The summed E-state index contributed by atoms with van der Waals surface area (Å²) in [6.45, 7) is 0.521. The summed E-state index contributed by atoms with van der Waals surface area (Å²) < 4.78 is 6.69. The van der Waals surface area contributed by atoms with Gasteiger partial charge in [-0.25, -0.2) is 9.78 Å². The molecule has 3 rings (SSSR count). The van der Waals surface area contributed by atoms with Crippen molar-refractivity contribution in [2.45, 2.75) is 6.54 Å². The molecule has 0 amide bonds. The highest BCUT2D eigenvalue weighted by Crippen LogP contribution is 2.20. The molecule has 0 fully saturated rings. The zero-order valence-corrected chi connectivity index (χ0v) is 11.6. The first-order valence-electron chi connectivity index (χ1n) is 6.57. The van der Waals surface area contributed by atoms with Crippen molar-refractivity contribution in [3.05, 3.63) is 59.9 Å². The van der Waals surface area contributed by atoms with E-state index in [-0.39, 0.29) is 5.97 Å². The van der Waals surface area contributed by atoms with Crippen molar-refractivity contribution in [3.8, 4) is 5.69 Å². The fourth-order valence-corrected chi connectivity index (χ4v) is 2.26. The number of imidazole rings is 1. The quantitative estimate of drug-likeness (QED) is 0.748. The van der Waals surface area contributed by atoms with Crippen molar-refractivity contribution in [1.82, 2.24) is 9.55 Å². The number of carbonyl (C=O) groups excluding carboxylic acids is 1. The smallest absolute Gasteiger partial charge is 0.337 e. The summed E-state index contributed by atoms with van der Waals surface area (Å²) in [6.07, 6.45) is 1.74. The normalized spacial score (nSPS) is 10.8. The lowest BCUT2D eigenvalue weighted by atomic mass is 10.2. The molecule has 0 aliphatic rings. The second-order valence-electron chi connectivity index (χ2n) is 4.68. The monoisotopic (exact) mass is 281 g/mol. The van der Waals surface area contributed by atoms with Crippen LogP contribution in [0.15, 0.2) is 48.8 Å². The molecule has 3 aromatic rings. The van der Waals surface area contributed by atoms with Crippen LogP contribution in [0.25, 0.3) is 16.7 Å². The van der Waals surface area contributed by atoms with Crippen LogP contribution in [0.3, 0.4) is 0 Å². The molecule has 0 unspecified atom stereocenters. The van der Waals surface area contributed by atoms with E-state index >= 15 is 0 Å². The minimum absolute atomic E-state index is 0.362. The zero-order chi connectivity index (χ0) is 14.8. The Balaban J connectivity index is 2.05. The number of methoxy groups -OCH3 is 1. The van der Waals surface area contributed by atoms with Gasteiger partial charge in [-0.2, -0.15) is 0 Å². The highest BCUT2D eigenvalue weighted by atomic mass is 16.5. The van der Waals surface area contributed by atoms with Crippen LogP contribution in [-0.2, 0) is 11.3 Å². The number of nitrogens with zero attached hydrogens (tertiary/aromatic N) is 2. The van der Waals surface area contributed by atoms with Crippen LogP contribution in [0.2, 0.25) is 0 Å². The third-order valence-electron chi connectivity index (χ3n) is 3.42. The van der Waals surface area contributed by atoms with Gasteiger partial charge in [0.05, 0.1) is 23.7 Å². The highest BCUT2D eigenvalue weighted by molar-refractivity contribution is 5.93. The molecule has 1 aromatic heterocycles. The van der Waals surface area contributed by atoms with Gasteiger partial charge in [0.1, 0.15) is 6.33 Å². The topological polar surface area (TPSA) is 70.1 Å². The maximum atomic E-state index is 11.5. The Morgan fingerprint density at radius 3 is 2.67 bits per heavy atom. The number of hydrogen-bond acceptors (Lipinski definition) is 4. The van der Waals surface area contributed by atoms with Crippen LogP contribution in [-0.4, -0.2) is 22.6 Å². The average molecular weight is 281 g/mol. The van der Waals surface area contributed by atoms with Gasteiger partial charge in [0.25, 0.3) is 0 Å². The van der Waals surface area contributed by atoms with Crippen LogP contribution in [0.5, 0.6) is 0 Å². The molecule has 0 aliphatic carbocycles. The van der Waals surface area contributed by atoms with Crippen LogP contribution < -0.4 is 5.73 Å². The molecule has 0 bridgehead atoms. The van der Waals surface area contributed by atoms with Crippen molar-refractivity contribution in [3.63, 3.8) is 0 Å². The second-order valence-corrected chi connectivity index (χ2v) is 4.68. The number of esters is 1. The van der Waals surface area contributed by atoms with E-state index < -0.39 is 0 Å². The molecule has 0 radical (unpaired) electrons. The maximum Gasteiger partial charge on any atom is 0.337 e. The van der Waals surface area contributed by atoms with Crippen molar-refractivity contribution in [1.29, 1.82) is 0 Å². The SMILES string of the molecule is COC(=O)c1ccc2c(c1)ncn2-c1ccc(CN)cc1. The van der Waals surface area contributed by atoms with Gasteiger partial charge in [0.15, 0.2) is 0 Å². The van der Waals surface area contributed by atoms with Gasteiger partial charge in [-0.05, 0) is 35.9 Å². The van der Waals surface area contributed by atoms with Gasteiger partial charge in [-0.3, -0.25) is 4.57 Å². The first kappa shape index (κ1) is 13.3. The summed E-state index contributed by atoms with van der Waals surface area (Å²) >= 11 is 0. The van der Waals surface area contributed by atoms with Gasteiger partial charge < -0.3 is 10.5 Å².